The number of aromatic nitrogens is 1. The number of carbonyl (C=O) groups excluding carboxylic acids is 1. The molecule has 1 aromatic rings. The first kappa shape index (κ1) is 12.1. The zero-order chi connectivity index (χ0) is 12.1. The maximum absolute atomic E-state index is 11.8. The largest absolute Gasteiger partial charge is 0.309 e. The van der Waals surface area contributed by atoms with Crippen molar-refractivity contribution in [1.29, 1.82) is 0 Å². The Morgan fingerprint density at radius 1 is 1.47 bits per heavy atom. The van der Waals surface area contributed by atoms with E-state index in [1.165, 1.54) is 18.4 Å². The molecule has 90 valence electrons. The maximum Gasteiger partial charge on any atom is 0.229 e. The Morgan fingerprint density at radius 3 is 3.06 bits per heavy atom. The molecule has 1 aliphatic rings. The molecule has 0 radical (unpaired) electrons. The fraction of sp³-hybridized carbons (Fsp3) is 0.385. The monoisotopic (exact) mass is 250 g/mol. The van der Waals surface area contributed by atoms with Crippen LogP contribution in [0, 0.1) is 0 Å². The molecule has 17 heavy (non-hydrogen) atoms. The van der Waals surface area contributed by atoms with Crippen molar-refractivity contribution in [2.75, 3.05) is 5.32 Å². The van der Waals surface area contributed by atoms with Crippen molar-refractivity contribution in [2.45, 2.75) is 32.1 Å². The minimum Gasteiger partial charge on any atom is -0.309 e. The van der Waals surface area contributed by atoms with E-state index in [4.69, 9.17) is 11.6 Å². The molecule has 1 aliphatic carbocycles. The van der Waals surface area contributed by atoms with Crippen LogP contribution in [0.2, 0.25) is 5.02 Å². The molecule has 0 saturated heterocycles. The van der Waals surface area contributed by atoms with Crippen LogP contribution in [0.1, 0.15) is 32.1 Å². The molecule has 4 heteroatoms. The third-order valence-corrected chi connectivity index (χ3v) is 3.09. The number of hydrogen-bond acceptors (Lipinski definition) is 2. The number of anilines is 1. The smallest absolute Gasteiger partial charge is 0.229 e. The second-order valence-electron chi connectivity index (χ2n) is 4.17. The third kappa shape index (κ3) is 3.56. The number of carbonyl (C=O) groups is 1. The molecule has 0 aromatic carbocycles. The van der Waals surface area contributed by atoms with E-state index >= 15 is 0 Å². The summed E-state index contributed by atoms with van der Waals surface area (Å²) in [5.41, 5.74) is 1.22. The van der Waals surface area contributed by atoms with Gasteiger partial charge in [-0.1, -0.05) is 23.3 Å². The standard InChI is InChI=1S/C13H15ClN2O/c14-11-7-4-8-15-13(11)16-12(17)9-10-5-2-1-3-6-10/h4-5,7-8H,1-3,6,9H2,(H,15,16,17). The zero-order valence-corrected chi connectivity index (χ0v) is 10.3. The molecule has 0 atom stereocenters. The van der Waals surface area contributed by atoms with Crippen LogP contribution in [0.3, 0.4) is 0 Å². The summed E-state index contributed by atoms with van der Waals surface area (Å²) in [5, 5.41) is 3.21. The van der Waals surface area contributed by atoms with Gasteiger partial charge in [0.2, 0.25) is 5.91 Å². The zero-order valence-electron chi connectivity index (χ0n) is 9.58. The van der Waals surface area contributed by atoms with Crippen molar-refractivity contribution in [3.63, 3.8) is 0 Å². The van der Waals surface area contributed by atoms with E-state index in [1.807, 2.05) is 0 Å². The van der Waals surface area contributed by atoms with Gasteiger partial charge in [0.15, 0.2) is 5.82 Å². The summed E-state index contributed by atoms with van der Waals surface area (Å²) >= 11 is 5.92. The minimum atomic E-state index is -0.0428. The highest BCUT2D eigenvalue weighted by Gasteiger charge is 2.10. The van der Waals surface area contributed by atoms with Gasteiger partial charge in [0.1, 0.15) is 0 Å². The van der Waals surface area contributed by atoms with E-state index in [0.717, 1.165) is 12.8 Å². The highest BCUT2D eigenvalue weighted by molar-refractivity contribution is 6.33. The topological polar surface area (TPSA) is 42.0 Å². The summed E-state index contributed by atoms with van der Waals surface area (Å²) in [6, 6.07) is 3.45. The van der Waals surface area contributed by atoms with Gasteiger partial charge in [-0.3, -0.25) is 4.79 Å². The molecule has 0 spiro atoms. The molecule has 1 amide bonds. The van der Waals surface area contributed by atoms with Gasteiger partial charge in [-0.25, -0.2) is 4.98 Å². The second-order valence-corrected chi connectivity index (χ2v) is 4.57. The summed E-state index contributed by atoms with van der Waals surface area (Å²) in [4.78, 5) is 15.8. The van der Waals surface area contributed by atoms with Gasteiger partial charge in [0.05, 0.1) is 5.02 Å². The molecule has 0 fully saturated rings. The molecule has 2 rings (SSSR count). The van der Waals surface area contributed by atoms with E-state index in [9.17, 15) is 4.79 Å². The van der Waals surface area contributed by atoms with Gasteiger partial charge >= 0.3 is 0 Å². The lowest BCUT2D eigenvalue weighted by Crippen LogP contribution is -2.14. The molecule has 1 aromatic heterocycles. The van der Waals surface area contributed by atoms with Crippen molar-refractivity contribution < 1.29 is 4.79 Å². The third-order valence-electron chi connectivity index (χ3n) is 2.79. The molecule has 1 heterocycles. The van der Waals surface area contributed by atoms with Crippen LogP contribution in [-0.2, 0) is 4.79 Å². The van der Waals surface area contributed by atoms with Crippen molar-refractivity contribution in [2.24, 2.45) is 0 Å². The highest BCUT2D eigenvalue weighted by Crippen LogP contribution is 2.22. The van der Waals surface area contributed by atoms with Gasteiger partial charge in [-0.2, -0.15) is 0 Å². The van der Waals surface area contributed by atoms with Gasteiger partial charge < -0.3 is 5.32 Å². The fourth-order valence-corrected chi connectivity index (χ4v) is 2.09. The molecular formula is C13H15ClN2O. The first-order valence-corrected chi connectivity index (χ1v) is 6.22. The summed E-state index contributed by atoms with van der Waals surface area (Å²) in [5.74, 6) is 0.398. The Balaban J connectivity index is 1.93. The average Bonchev–Trinajstić information content (AvgIpc) is 2.33. The Labute approximate surface area is 106 Å². The summed E-state index contributed by atoms with van der Waals surface area (Å²) < 4.78 is 0. The van der Waals surface area contributed by atoms with E-state index in [-0.39, 0.29) is 5.91 Å². The molecule has 0 saturated carbocycles. The number of amides is 1. The number of nitrogens with zero attached hydrogens (tertiary/aromatic N) is 1. The Hall–Kier alpha value is -1.35. The first-order valence-electron chi connectivity index (χ1n) is 5.84. The van der Waals surface area contributed by atoms with E-state index in [2.05, 4.69) is 16.4 Å². The fourth-order valence-electron chi connectivity index (χ4n) is 1.93. The van der Waals surface area contributed by atoms with E-state index < -0.39 is 0 Å². The van der Waals surface area contributed by atoms with Crippen LogP contribution in [0.25, 0.3) is 0 Å². The lowest BCUT2D eigenvalue weighted by Gasteiger charge is -2.12. The molecule has 0 unspecified atom stereocenters. The molecular weight excluding hydrogens is 236 g/mol. The predicted molar refractivity (Wildman–Crippen MR) is 69.0 cm³/mol. The van der Waals surface area contributed by atoms with Gasteiger partial charge in [0, 0.05) is 12.6 Å². The lowest BCUT2D eigenvalue weighted by atomic mass is 9.97. The van der Waals surface area contributed by atoms with Crippen molar-refractivity contribution in [1.82, 2.24) is 4.98 Å². The van der Waals surface area contributed by atoms with Gasteiger partial charge in [-0.15, -0.1) is 0 Å². The lowest BCUT2D eigenvalue weighted by molar-refractivity contribution is -0.115. The van der Waals surface area contributed by atoms with Crippen molar-refractivity contribution in [3.8, 4) is 0 Å². The quantitative estimate of drug-likeness (QED) is 0.834. The number of pyridine rings is 1. The number of halogens is 1. The highest BCUT2D eigenvalue weighted by atomic mass is 35.5. The van der Waals surface area contributed by atoms with Crippen molar-refractivity contribution >= 4 is 23.3 Å². The van der Waals surface area contributed by atoms with E-state index in [1.54, 1.807) is 18.3 Å². The second kappa shape index (κ2) is 5.82. The normalized spacial score (nSPS) is 15.2. The van der Waals surface area contributed by atoms with Crippen LogP contribution in [0.4, 0.5) is 5.82 Å². The summed E-state index contributed by atoms with van der Waals surface area (Å²) in [6.45, 7) is 0. The van der Waals surface area contributed by atoms with Crippen molar-refractivity contribution in [3.05, 3.63) is 35.0 Å². The van der Waals surface area contributed by atoms with Crippen LogP contribution in [-0.4, -0.2) is 10.9 Å². The summed E-state index contributed by atoms with van der Waals surface area (Å²) in [6.07, 6.45) is 8.77. The molecule has 0 bridgehead atoms. The van der Waals surface area contributed by atoms with Crippen LogP contribution in [0.15, 0.2) is 30.0 Å². The Bertz CT molecular complexity index is 443. The Kier molecular flexibility index (Phi) is 4.15. The average molecular weight is 251 g/mol. The van der Waals surface area contributed by atoms with Crippen LogP contribution < -0.4 is 5.32 Å². The molecule has 0 aliphatic heterocycles. The number of rotatable bonds is 3. The minimum absolute atomic E-state index is 0.0428. The van der Waals surface area contributed by atoms with Gasteiger partial charge in [0.25, 0.3) is 0 Å². The molecule has 1 N–H and O–H groups in total. The first-order chi connectivity index (χ1) is 8.25. The number of allylic oxidation sites excluding steroid dienone is 1. The van der Waals surface area contributed by atoms with Crippen LogP contribution in [0.5, 0.6) is 0 Å². The maximum atomic E-state index is 11.8. The summed E-state index contributed by atoms with van der Waals surface area (Å²) in [7, 11) is 0. The van der Waals surface area contributed by atoms with E-state index in [0.29, 0.717) is 17.3 Å². The SMILES string of the molecule is O=C(CC1=CCCCC1)Nc1ncccc1Cl. The number of nitrogens with one attached hydrogen (secondary N) is 1. The van der Waals surface area contributed by atoms with Gasteiger partial charge in [-0.05, 0) is 37.8 Å². The predicted octanol–water partition coefficient (Wildman–Crippen LogP) is 3.56. The Morgan fingerprint density at radius 2 is 2.35 bits per heavy atom. The number of hydrogen-bond donors (Lipinski definition) is 1. The van der Waals surface area contributed by atoms with Crippen LogP contribution >= 0.6 is 11.6 Å². The molecule has 3 nitrogen and oxygen atoms in total.